The van der Waals surface area contributed by atoms with Gasteiger partial charge in [-0.1, -0.05) is 6.07 Å². The first-order valence-electron chi connectivity index (χ1n) is 6.59. The van der Waals surface area contributed by atoms with Crippen LogP contribution in [0.5, 0.6) is 0 Å². The van der Waals surface area contributed by atoms with Crippen LogP contribution in [0, 0.1) is 11.3 Å². The van der Waals surface area contributed by atoms with Crippen molar-refractivity contribution in [2.24, 2.45) is 0 Å². The van der Waals surface area contributed by atoms with E-state index in [4.69, 9.17) is 5.26 Å². The minimum absolute atomic E-state index is 0.544. The van der Waals surface area contributed by atoms with Gasteiger partial charge in [-0.2, -0.15) is 5.26 Å². The van der Waals surface area contributed by atoms with Crippen LogP contribution in [-0.2, 0) is 6.54 Å². The summed E-state index contributed by atoms with van der Waals surface area (Å²) in [6, 6.07) is 8.25. The van der Waals surface area contributed by atoms with Gasteiger partial charge in [-0.25, -0.2) is 4.98 Å². The molecule has 5 heteroatoms. The summed E-state index contributed by atoms with van der Waals surface area (Å²) in [5, 5.41) is 8.68. The third kappa shape index (κ3) is 2.75. The van der Waals surface area contributed by atoms with E-state index in [0.29, 0.717) is 6.54 Å². The Kier molecular flexibility index (Phi) is 3.45. The van der Waals surface area contributed by atoms with Crippen molar-refractivity contribution < 1.29 is 0 Å². The fraction of sp³-hybridized carbons (Fsp3) is 0.429. The summed E-state index contributed by atoms with van der Waals surface area (Å²) in [5.41, 5.74) is 2.11. The summed E-state index contributed by atoms with van der Waals surface area (Å²) in [4.78, 5) is 9.21. The molecule has 0 spiro atoms. The second-order valence-electron chi connectivity index (χ2n) is 4.91. The van der Waals surface area contributed by atoms with E-state index in [-0.39, 0.29) is 0 Å². The molecule has 5 nitrogen and oxygen atoms in total. The molecule has 0 N–H and O–H groups in total. The van der Waals surface area contributed by atoms with Gasteiger partial charge in [-0.3, -0.25) is 9.80 Å². The monoisotopic (exact) mass is 255 g/mol. The smallest absolute Gasteiger partial charge is 0.137 e. The molecule has 3 rings (SSSR count). The van der Waals surface area contributed by atoms with E-state index >= 15 is 0 Å². The van der Waals surface area contributed by atoms with Gasteiger partial charge in [0.1, 0.15) is 5.65 Å². The number of hydrogen-bond acceptors (Lipinski definition) is 4. The van der Waals surface area contributed by atoms with E-state index < -0.39 is 0 Å². The minimum atomic E-state index is 0.544. The van der Waals surface area contributed by atoms with Gasteiger partial charge < -0.3 is 4.40 Å². The lowest BCUT2D eigenvalue weighted by Gasteiger charge is -2.32. The predicted octanol–water partition coefficient (Wildman–Crippen LogP) is 0.975. The highest BCUT2D eigenvalue weighted by Gasteiger charge is 2.17. The van der Waals surface area contributed by atoms with Crippen LogP contribution in [0.15, 0.2) is 30.6 Å². The van der Waals surface area contributed by atoms with Crippen LogP contribution in [0.4, 0.5) is 0 Å². The van der Waals surface area contributed by atoms with Crippen LogP contribution in [0.3, 0.4) is 0 Å². The number of fused-ring (bicyclic) bond motifs is 1. The summed E-state index contributed by atoms with van der Waals surface area (Å²) in [7, 11) is 0. The molecular weight excluding hydrogens is 238 g/mol. The molecule has 0 bridgehead atoms. The van der Waals surface area contributed by atoms with E-state index in [2.05, 4.69) is 31.5 Å². The third-order valence-electron chi connectivity index (χ3n) is 3.56. The number of imidazole rings is 1. The number of piperazine rings is 1. The third-order valence-corrected chi connectivity index (χ3v) is 3.56. The van der Waals surface area contributed by atoms with Gasteiger partial charge in [0.15, 0.2) is 0 Å². The average molecular weight is 255 g/mol. The maximum absolute atomic E-state index is 8.68. The molecule has 0 atom stereocenters. The Balaban J connectivity index is 1.62. The highest BCUT2D eigenvalue weighted by atomic mass is 15.3. The summed E-state index contributed by atoms with van der Waals surface area (Å²) < 4.78 is 2.06. The molecular formula is C14H17N5. The zero-order chi connectivity index (χ0) is 13.1. The molecule has 0 saturated carbocycles. The fourth-order valence-electron chi connectivity index (χ4n) is 2.50. The van der Waals surface area contributed by atoms with Crippen molar-refractivity contribution in [2.45, 2.75) is 6.54 Å². The Bertz CT molecular complexity index is 556. The second kappa shape index (κ2) is 5.39. The van der Waals surface area contributed by atoms with Gasteiger partial charge in [0.05, 0.1) is 18.3 Å². The van der Waals surface area contributed by atoms with Crippen molar-refractivity contribution in [3.05, 3.63) is 36.3 Å². The SMILES string of the molecule is N#CCN1CCN(Cc2cn3ccccc3n2)CC1. The summed E-state index contributed by atoms with van der Waals surface area (Å²) >= 11 is 0. The number of nitriles is 1. The van der Waals surface area contributed by atoms with Crippen molar-refractivity contribution in [3.8, 4) is 6.07 Å². The Morgan fingerprint density at radius 3 is 2.68 bits per heavy atom. The summed E-state index contributed by atoms with van der Waals surface area (Å²) in [6.07, 6.45) is 4.12. The molecule has 0 radical (unpaired) electrons. The number of hydrogen-bond donors (Lipinski definition) is 0. The number of aromatic nitrogens is 2. The zero-order valence-corrected chi connectivity index (χ0v) is 10.9. The standard InChI is InChI=1S/C14H17N5/c15-4-6-17-7-9-18(10-8-17)11-13-12-19-5-2-1-3-14(19)16-13/h1-3,5,12H,6-11H2. The molecule has 0 aliphatic carbocycles. The van der Waals surface area contributed by atoms with Crippen molar-refractivity contribution in [1.29, 1.82) is 5.26 Å². The lowest BCUT2D eigenvalue weighted by atomic mass is 10.3. The van der Waals surface area contributed by atoms with Crippen LogP contribution in [-0.4, -0.2) is 51.9 Å². The van der Waals surface area contributed by atoms with Gasteiger partial charge in [-0.15, -0.1) is 0 Å². The molecule has 1 fully saturated rings. The van der Waals surface area contributed by atoms with Crippen LogP contribution in [0.25, 0.3) is 5.65 Å². The van der Waals surface area contributed by atoms with Gasteiger partial charge in [0, 0.05) is 45.1 Å². The largest absolute Gasteiger partial charge is 0.307 e. The molecule has 0 aromatic carbocycles. The van der Waals surface area contributed by atoms with Crippen LogP contribution in [0.1, 0.15) is 5.69 Å². The van der Waals surface area contributed by atoms with Crippen molar-refractivity contribution in [2.75, 3.05) is 32.7 Å². The Labute approximate surface area is 112 Å². The Morgan fingerprint density at radius 2 is 1.95 bits per heavy atom. The fourth-order valence-corrected chi connectivity index (χ4v) is 2.50. The topological polar surface area (TPSA) is 47.6 Å². The Hall–Kier alpha value is -1.90. The second-order valence-corrected chi connectivity index (χ2v) is 4.91. The van der Waals surface area contributed by atoms with E-state index in [1.54, 1.807) is 0 Å². The minimum Gasteiger partial charge on any atom is -0.307 e. The van der Waals surface area contributed by atoms with Gasteiger partial charge in [-0.05, 0) is 12.1 Å². The van der Waals surface area contributed by atoms with E-state index in [9.17, 15) is 0 Å². The van der Waals surface area contributed by atoms with Crippen molar-refractivity contribution in [3.63, 3.8) is 0 Å². The maximum Gasteiger partial charge on any atom is 0.137 e. The van der Waals surface area contributed by atoms with Crippen molar-refractivity contribution >= 4 is 5.65 Å². The lowest BCUT2D eigenvalue weighted by molar-refractivity contribution is 0.137. The zero-order valence-electron chi connectivity index (χ0n) is 10.9. The van der Waals surface area contributed by atoms with Crippen molar-refractivity contribution in [1.82, 2.24) is 19.2 Å². The molecule has 3 heterocycles. The average Bonchev–Trinajstić information content (AvgIpc) is 2.83. The molecule has 2 aromatic heterocycles. The molecule has 0 unspecified atom stereocenters. The number of rotatable bonds is 3. The first-order valence-corrected chi connectivity index (χ1v) is 6.59. The molecule has 1 saturated heterocycles. The molecule has 1 aliphatic rings. The van der Waals surface area contributed by atoms with Crippen LogP contribution < -0.4 is 0 Å². The highest BCUT2D eigenvalue weighted by molar-refractivity contribution is 5.39. The highest BCUT2D eigenvalue weighted by Crippen LogP contribution is 2.09. The lowest BCUT2D eigenvalue weighted by Crippen LogP contribution is -2.45. The van der Waals surface area contributed by atoms with Crippen LogP contribution >= 0.6 is 0 Å². The van der Waals surface area contributed by atoms with E-state index in [0.717, 1.165) is 44.1 Å². The van der Waals surface area contributed by atoms with Crippen LogP contribution in [0.2, 0.25) is 0 Å². The molecule has 1 aliphatic heterocycles. The quantitative estimate of drug-likeness (QED) is 0.767. The number of nitrogens with zero attached hydrogens (tertiary/aromatic N) is 5. The molecule has 98 valence electrons. The first kappa shape index (κ1) is 12.2. The normalized spacial score (nSPS) is 17.6. The molecule has 2 aromatic rings. The Morgan fingerprint density at radius 1 is 1.16 bits per heavy atom. The van der Waals surface area contributed by atoms with Gasteiger partial charge in [0.25, 0.3) is 0 Å². The molecule has 0 amide bonds. The summed E-state index contributed by atoms with van der Waals surface area (Å²) in [5.74, 6) is 0. The number of pyridine rings is 1. The maximum atomic E-state index is 8.68. The predicted molar refractivity (Wildman–Crippen MR) is 72.5 cm³/mol. The molecule has 19 heavy (non-hydrogen) atoms. The van der Waals surface area contributed by atoms with E-state index in [1.807, 2.05) is 24.4 Å². The van der Waals surface area contributed by atoms with Gasteiger partial charge >= 0.3 is 0 Å². The van der Waals surface area contributed by atoms with E-state index in [1.165, 1.54) is 0 Å². The summed E-state index contributed by atoms with van der Waals surface area (Å²) in [6.45, 7) is 5.40. The van der Waals surface area contributed by atoms with Gasteiger partial charge in [0.2, 0.25) is 0 Å². The first-order chi connectivity index (χ1) is 9.35.